The van der Waals surface area contributed by atoms with E-state index in [-0.39, 0.29) is 11.8 Å². The number of carbonyl (C=O) groups excluding carboxylic acids is 2. The molecule has 112 valence electrons. The van der Waals surface area contributed by atoms with Crippen LogP contribution in [0.25, 0.3) is 0 Å². The first-order valence-electron chi connectivity index (χ1n) is 6.91. The molecule has 0 radical (unpaired) electrons. The first kappa shape index (κ1) is 15.5. The Hall–Kier alpha value is -2.88. The minimum absolute atomic E-state index is 0.0788. The molecule has 2 rings (SSSR count). The number of rotatable bonds is 4. The molecule has 22 heavy (non-hydrogen) atoms. The van der Waals surface area contributed by atoms with Crippen molar-refractivity contribution in [2.45, 2.75) is 13.8 Å². The van der Waals surface area contributed by atoms with Crippen LogP contribution in [0.1, 0.15) is 13.8 Å². The summed E-state index contributed by atoms with van der Waals surface area (Å²) in [6.45, 7) is 6.76. The Morgan fingerprint density at radius 2 is 1.45 bits per heavy atom. The third-order valence-electron chi connectivity index (χ3n) is 3.10. The molecule has 0 unspecified atom stereocenters. The highest BCUT2D eigenvalue weighted by Gasteiger charge is 2.13. The largest absolute Gasteiger partial charge is 0.322 e. The molecule has 0 aliphatic rings. The van der Waals surface area contributed by atoms with Crippen LogP contribution in [0.2, 0.25) is 0 Å². The fourth-order valence-corrected chi connectivity index (χ4v) is 2.02. The molecule has 0 aromatic heterocycles. The standard InChI is InChI=1S/C18H18N2O2/c1-13(2)18(22)19-15-9-11-17(12-10-15)20(14(3)21)16-7-5-4-6-8-16/h4-12H,1H2,2-3H3,(H,19,22). The van der Waals surface area contributed by atoms with Gasteiger partial charge in [-0.05, 0) is 43.3 Å². The van der Waals surface area contributed by atoms with Crippen molar-refractivity contribution in [2.24, 2.45) is 0 Å². The van der Waals surface area contributed by atoms with E-state index in [2.05, 4.69) is 11.9 Å². The molecular weight excluding hydrogens is 276 g/mol. The molecule has 0 fully saturated rings. The third-order valence-corrected chi connectivity index (χ3v) is 3.10. The smallest absolute Gasteiger partial charge is 0.250 e. The SMILES string of the molecule is C=C(C)C(=O)Nc1ccc(N(C(C)=O)c2ccccc2)cc1. The molecule has 0 saturated carbocycles. The van der Waals surface area contributed by atoms with Crippen molar-refractivity contribution in [1.82, 2.24) is 0 Å². The van der Waals surface area contributed by atoms with Crippen LogP contribution in [0.3, 0.4) is 0 Å². The summed E-state index contributed by atoms with van der Waals surface area (Å²) in [5, 5.41) is 2.73. The summed E-state index contributed by atoms with van der Waals surface area (Å²) in [5.41, 5.74) is 2.65. The Balaban J connectivity index is 2.26. The molecule has 0 bridgehead atoms. The van der Waals surface area contributed by atoms with Gasteiger partial charge in [-0.25, -0.2) is 0 Å². The lowest BCUT2D eigenvalue weighted by Crippen LogP contribution is -2.22. The van der Waals surface area contributed by atoms with Gasteiger partial charge in [-0.15, -0.1) is 0 Å². The van der Waals surface area contributed by atoms with Gasteiger partial charge in [0.05, 0.1) is 0 Å². The summed E-state index contributed by atoms with van der Waals surface area (Å²) >= 11 is 0. The first-order valence-corrected chi connectivity index (χ1v) is 6.91. The highest BCUT2D eigenvalue weighted by Crippen LogP contribution is 2.26. The van der Waals surface area contributed by atoms with Gasteiger partial charge in [-0.1, -0.05) is 24.8 Å². The first-order chi connectivity index (χ1) is 10.5. The fraction of sp³-hybridized carbons (Fsp3) is 0.111. The highest BCUT2D eigenvalue weighted by atomic mass is 16.2. The summed E-state index contributed by atoms with van der Waals surface area (Å²) < 4.78 is 0. The summed E-state index contributed by atoms with van der Waals surface area (Å²) in [4.78, 5) is 25.1. The zero-order valence-electron chi connectivity index (χ0n) is 12.7. The number of hydrogen-bond donors (Lipinski definition) is 1. The monoisotopic (exact) mass is 294 g/mol. The van der Waals surface area contributed by atoms with Gasteiger partial charge < -0.3 is 5.32 Å². The fourth-order valence-electron chi connectivity index (χ4n) is 2.02. The maximum Gasteiger partial charge on any atom is 0.250 e. The van der Waals surface area contributed by atoms with Crippen molar-refractivity contribution in [3.8, 4) is 0 Å². The van der Waals surface area contributed by atoms with E-state index >= 15 is 0 Å². The molecule has 2 amide bonds. The van der Waals surface area contributed by atoms with Gasteiger partial charge in [0.1, 0.15) is 0 Å². The van der Waals surface area contributed by atoms with E-state index in [1.807, 2.05) is 30.3 Å². The molecule has 4 heteroatoms. The minimum Gasteiger partial charge on any atom is -0.322 e. The Morgan fingerprint density at radius 1 is 0.909 bits per heavy atom. The van der Waals surface area contributed by atoms with Gasteiger partial charge in [0, 0.05) is 29.6 Å². The molecular formula is C18H18N2O2. The predicted molar refractivity (Wildman–Crippen MR) is 89.1 cm³/mol. The topological polar surface area (TPSA) is 49.4 Å². The van der Waals surface area contributed by atoms with Gasteiger partial charge in [-0.2, -0.15) is 0 Å². The average molecular weight is 294 g/mol. The molecule has 2 aromatic rings. The van der Waals surface area contributed by atoms with Gasteiger partial charge in [0.25, 0.3) is 5.91 Å². The van der Waals surface area contributed by atoms with Crippen molar-refractivity contribution in [1.29, 1.82) is 0 Å². The molecule has 0 saturated heterocycles. The number of nitrogens with one attached hydrogen (secondary N) is 1. The van der Waals surface area contributed by atoms with Crippen molar-refractivity contribution >= 4 is 28.9 Å². The summed E-state index contributed by atoms with van der Waals surface area (Å²) in [6.07, 6.45) is 0. The molecule has 1 N–H and O–H groups in total. The van der Waals surface area contributed by atoms with Gasteiger partial charge in [0.2, 0.25) is 5.91 Å². The Bertz CT molecular complexity index is 691. The van der Waals surface area contributed by atoms with Crippen molar-refractivity contribution in [3.63, 3.8) is 0 Å². The number of nitrogens with zero attached hydrogens (tertiary/aromatic N) is 1. The van der Waals surface area contributed by atoms with E-state index < -0.39 is 0 Å². The second kappa shape index (κ2) is 6.72. The van der Waals surface area contributed by atoms with E-state index in [4.69, 9.17) is 0 Å². The zero-order chi connectivity index (χ0) is 16.1. The number of carbonyl (C=O) groups is 2. The second-order valence-electron chi connectivity index (χ2n) is 4.97. The number of anilines is 3. The third kappa shape index (κ3) is 3.61. The van der Waals surface area contributed by atoms with Crippen LogP contribution in [0.15, 0.2) is 66.7 Å². The van der Waals surface area contributed by atoms with Crippen molar-refractivity contribution in [3.05, 3.63) is 66.7 Å². The number of benzene rings is 2. The van der Waals surface area contributed by atoms with E-state index in [1.54, 1.807) is 36.1 Å². The van der Waals surface area contributed by atoms with Crippen LogP contribution in [-0.4, -0.2) is 11.8 Å². The van der Waals surface area contributed by atoms with Crippen LogP contribution in [0, 0.1) is 0 Å². The molecule has 0 heterocycles. The lowest BCUT2D eigenvalue weighted by molar-refractivity contribution is -0.116. The van der Waals surface area contributed by atoms with Crippen molar-refractivity contribution < 1.29 is 9.59 Å². The Morgan fingerprint density at radius 3 is 1.95 bits per heavy atom. The highest BCUT2D eigenvalue weighted by molar-refractivity contribution is 6.03. The summed E-state index contributed by atoms with van der Waals surface area (Å²) in [5.74, 6) is -0.302. The van der Waals surface area contributed by atoms with E-state index in [9.17, 15) is 9.59 Å². The van der Waals surface area contributed by atoms with Crippen molar-refractivity contribution in [2.75, 3.05) is 10.2 Å². The second-order valence-corrected chi connectivity index (χ2v) is 4.97. The molecule has 0 aliphatic heterocycles. The van der Waals surface area contributed by atoms with Crippen LogP contribution >= 0.6 is 0 Å². The number of amides is 2. The van der Waals surface area contributed by atoms with E-state index in [1.165, 1.54) is 6.92 Å². The maximum atomic E-state index is 11.9. The molecule has 0 spiro atoms. The summed E-state index contributed by atoms with van der Waals surface area (Å²) in [7, 11) is 0. The van der Waals surface area contributed by atoms with Gasteiger partial charge >= 0.3 is 0 Å². The number of para-hydroxylation sites is 1. The lowest BCUT2D eigenvalue weighted by Gasteiger charge is -2.21. The maximum absolute atomic E-state index is 11.9. The zero-order valence-corrected chi connectivity index (χ0v) is 12.7. The van der Waals surface area contributed by atoms with E-state index in [0.29, 0.717) is 11.3 Å². The Kier molecular flexibility index (Phi) is 4.73. The lowest BCUT2D eigenvalue weighted by atomic mass is 10.2. The van der Waals surface area contributed by atoms with Gasteiger partial charge in [0.15, 0.2) is 0 Å². The van der Waals surface area contributed by atoms with Crippen LogP contribution in [0.5, 0.6) is 0 Å². The van der Waals surface area contributed by atoms with Crippen LogP contribution < -0.4 is 10.2 Å². The Labute approximate surface area is 130 Å². The molecule has 4 nitrogen and oxygen atoms in total. The predicted octanol–water partition coefficient (Wildman–Crippen LogP) is 3.89. The molecule has 0 aliphatic carbocycles. The minimum atomic E-state index is -0.223. The molecule has 2 aromatic carbocycles. The average Bonchev–Trinajstić information content (AvgIpc) is 2.50. The summed E-state index contributed by atoms with van der Waals surface area (Å²) in [6, 6.07) is 16.5. The molecule has 0 atom stereocenters. The van der Waals surface area contributed by atoms with Crippen LogP contribution in [0.4, 0.5) is 17.1 Å². The van der Waals surface area contributed by atoms with Crippen LogP contribution in [-0.2, 0) is 9.59 Å². The van der Waals surface area contributed by atoms with Gasteiger partial charge in [-0.3, -0.25) is 14.5 Å². The number of hydrogen-bond acceptors (Lipinski definition) is 2. The van der Waals surface area contributed by atoms with E-state index in [0.717, 1.165) is 11.4 Å². The normalized spacial score (nSPS) is 9.91. The quantitative estimate of drug-likeness (QED) is 0.870.